The minimum absolute atomic E-state index is 0.0220. The Morgan fingerprint density at radius 1 is 0.953 bits per heavy atom. The van der Waals surface area contributed by atoms with Gasteiger partial charge in [0, 0.05) is 38.3 Å². The quantitative estimate of drug-likeness (QED) is 0.228. The molecule has 0 unspecified atom stereocenters. The van der Waals surface area contributed by atoms with Crippen molar-refractivity contribution in [1.29, 1.82) is 0 Å². The minimum atomic E-state index is -0.590. The van der Waals surface area contributed by atoms with Crippen molar-refractivity contribution < 1.29 is 23.9 Å². The number of hydrogen-bond donors (Lipinski definition) is 2. The standard InChI is InChI=1S/C34H50N4O5/c1-10-11-16-30(40)42-28-15-13-12-14-27(28)38-19-17-26(18-20-38)37(9)29(39)21-35-31-22(2)24(4)32(25(5)23(31)3)36-33(41)43-34(6,7)8/h12-15,26,35H,10-11,16-21H2,1-9H3,(H,36,41). The van der Waals surface area contributed by atoms with Crippen LogP contribution >= 0.6 is 0 Å². The monoisotopic (exact) mass is 594 g/mol. The summed E-state index contributed by atoms with van der Waals surface area (Å²) in [6.07, 6.45) is 3.33. The summed E-state index contributed by atoms with van der Waals surface area (Å²) in [7, 11) is 1.87. The summed E-state index contributed by atoms with van der Waals surface area (Å²) in [5, 5.41) is 6.30. The van der Waals surface area contributed by atoms with Crippen molar-refractivity contribution in [3.05, 3.63) is 46.5 Å². The van der Waals surface area contributed by atoms with E-state index in [1.165, 1.54) is 0 Å². The normalized spacial score (nSPS) is 13.8. The summed E-state index contributed by atoms with van der Waals surface area (Å²) in [5.41, 5.74) is 5.80. The van der Waals surface area contributed by atoms with Crippen LogP contribution in [0.4, 0.5) is 21.9 Å². The lowest BCUT2D eigenvalue weighted by atomic mass is 9.95. The molecule has 0 radical (unpaired) electrons. The first kappa shape index (κ1) is 33.7. The zero-order valence-electron chi connectivity index (χ0n) is 27.5. The van der Waals surface area contributed by atoms with E-state index in [2.05, 4.69) is 22.5 Å². The molecule has 0 saturated carbocycles. The van der Waals surface area contributed by atoms with Gasteiger partial charge in [0.2, 0.25) is 5.91 Å². The number of ether oxygens (including phenoxy) is 2. The van der Waals surface area contributed by atoms with E-state index in [4.69, 9.17) is 9.47 Å². The number of piperidine rings is 1. The van der Waals surface area contributed by atoms with Crippen LogP contribution in [0.15, 0.2) is 24.3 Å². The zero-order chi connectivity index (χ0) is 31.9. The first-order chi connectivity index (χ1) is 20.2. The Hall–Kier alpha value is -3.75. The number of para-hydroxylation sites is 2. The maximum atomic E-state index is 13.3. The molecule has 43 heavy (non-hydrogen) atoms. The van der Waals surface area contributed by atoms with E-state index in [1.807, 2.05) is 84.7 Å². The average Bonchev–Trinajstić information content (AvgIpc) is 2.96. The highest BCUT2D eigenvalue weighted by Crippen LogP contribution is 2.35. The smallest absolute Gasteiger partial charge is 0.412 e. The number of amides is 2. The van der Waals surface area contributed by atoms with Crippen LogP contribution in [0.25, 0.3) is 0 Å². The van der Waals surface area contributed by atoms with E-state index < -0.39 is 11.7 Å². The number of anilines is 3. The van der Waals surface area contributed by atoms with Gasteiger partial charge in [0.25, 0.3) is 0 Å². The van der Waals surface area contributed by atoms with Gasteiger partial charge in [0.05, 0.1) is 17.9 Å². The van der Waals surface area contributed by atoms with E-state index >= 15 is 0 Å². The second-order valence-electron chi connectivity index (χ2n) is 12.5. The maximum Gasteiger partial charge on any atom is 0.412 e. The molecule has 9 heteroatoms. The molecule has 1 aliphatic rings. The lowest BCUT2D eigenvalue weighted by molar-refractivity contribution is -0.134. The molecule has 9 nitrogen and oxygen atoms in total. The highest BCUT2D eigenvalue weighted by molar-refractivity contribution is 5.90. The van der Waals surface area contributed by atoms with E-state index in [1.54, 1.807) is 0 Å². The fourth-order valence-corrected chi connectivity index (χ4v) is 5.46. The Bertz CT molecular complexity index is 1280. The van der Waals surface area contributed by atoms with Crippen LogP contribution in [0.5, 0.6) is 5.75 Å². The number of esters is 1. The number of nitrogens with zero attached hydrogens (tertiary/aromatic N) is 2. The lowest BCUT2D eigenvalue weighted by Crippen LogP contribution is -2.47. The highest BCUT2D eigenvalue weighted by Gasteiger charge is 2.27. The molecule has 0 atom stereocenters. The summed E-state index contributed by atoms with van der Waals surface area (Å²) < 4.78 is 11.1. The average molecular weight is 595 g/mol. The molecule has 0 bridgehead atoms. The summed E-state index contributed by atoms with van der Waals surface area (Å²) >= 11 is 0. The van der Waals surface area contributed by atoms with Gasteiger partial charge in [-0.05, 0) is 102 Å². The largest absolute Gasteiger partial charge is 0.444 e. The molecule has 2 aromatic carbocycles. The molecule has 1 aliphatic heterocycles. The Morgan fingerprint density at radius 3 is 2.12 bits per heavy atom. The molecule has 0 spiro atoms. The molecule has 1 fully saturated rings. The van der Waals surface area contributed by atoms with Crippen LogP contribution in [0, 0.1) is 27.7 Å². The molecule has 3 rings (SSSR count). The number of likely N-dealkylation sites (N-methyl/N-ethyl adjacent to an activating group) is 1. The molecule has 236 valence electrons. The number of benzene rings is 2. The topological polar surface area (TPSA) is 100 Å². The number of hydrogen-bond acceptors (Lipinski definition) is 7. The van der Waals surface area contributed by atoms with Crippen LogP contribution in [0.2, 0.25) is 0 Å². The SMILES string of the molecule is CCCCC(=O)Oc1ccccc1N1CCC(N(C)C(=O)CNc2c(C)c(C)c(NC(=O)OC(C)(C)C)c(C)c2C)CC1. The Balaban J connectivity index is 1.60. The number of nitrogens with one attached hydrogen (secondary N) is 2. The molecule has 1 saturated heterocycles. The van der Waals surface area contributed by atoms with Gasteiger partial charge in [0.1, 0.15) is 5.60 Å². The van der Waals surface area contributed by atoms with E-state index in [-0.39, 0.29) is 24.5 Å². The lowest BCUT2D eigenvalue weighted by Gasteiger charge is -2.38. The third kappa shape index (κ3) is 8.88. The van der Waals surface area contributed by atoms with Crippen molar-refractivity contribution in [1.82, 2.24) is 4.90 Å². The molecule has 0 aromatic heterocycles. The summed E-state index contributed by atoms with van der Waals surface area (Å²) in [6, 6.07) is 7.80. The predicted molar refractivity (Wildman–Crippen MR) is 173 cm³/mol. The fraction of sp³-hybridized carbons (Fsp3) is 0.559. The third-order valence-corrected chi connectivity index (χ3v) is 8.24. The van der Waals surface area contributed by atoms with Gasteiger partial charge in [-0.3, -0.25) is 14.9 Å². The Kier molecular flexibility index (Phi) is 11.5. The predicted octanol–water partition coefficient (Wildman–Crippen LogP) is 6.90. The van der Waals surface area contributed by atoms with Gasteiger partial charge in [-0.1, -0.05) is 25.5 Å². The molecule has 2 amide bonds. The van der Waals surface area contributed by atoms with Crippen LogP contribution < -0.4 is 20.3 Å². The van der Waals surface area contributed by atoms with Gasteiger partial charge < -0.3 is 24.6 Å². The van der Waals surface area contributed by atoms with E-state index in [0.29, 0.717) is 12.2 Å². The second kappa shape index (κ2) is 14.6. The van der Waals surface area contributed by atoms with Crippen molar-refractivity contribution in [2.45, 2.75) is 99.1 Å². The van der Waals surface area contributed by atoms with Crippen LogP contribution in [0.3, 0.4) is 0 Å². The summed E-state index contributed by atoms with van der Waals surface area (Å²) in [6.45, 7) is 17.2. The second-order valence-corrected chi connectivity index (χ2v) is 12.5. The van der Waals surface area contributed by atoms with Crippen LogP contribution in [0.1, 0.15) is 82.1 Å². The molecule has 2 aromatic rings. The van der Waals surface area contributed by atoms with Crippen LogP contribution in [-0.2, 0) is 14.3 Å². The summed E-state index contributed by atoms with van der Waals surface area (Å²) in [5.74, 6) is 0.417. The molecule has 2 N–H and O–H groups in total. The zero-order valence-corrected chi connectivity index (χ0v) is 27.5. The number of rotatable bonds is 10. The van der Waals surface area contributed by atoms with E-state index in [0.717, 1.165) is 78.1 Å². The Labute approximate surface area is 257 Å². The van der Waals surface area contributed by atoms with Gasteiger partial charge in [-0.15, -0.1) is 0 Å². The molecular formula is C34H50N4O5. The van der Waals surface area contributed by atoms with Crippen molar-refractivity contribution >= 4 is 35.0 Å². The van der Waals surface area contributed by atoms with E-state index in [9.17, 15) is 14.4 Å². The highest BCUT2D eigenvalue weighted by atomic mass is 16.6. The van der Waals surface area contributed by atoms with Gasteiger partial charge >= 0.3 is 12.1 Å². The van der Waals surface area contributed by atoms with Crippen molar-refractivity contribution in [2.75, 3.05) is 42.2 Å². The number of unbranched alkanes of at least 4 members (excludes halogenated alkanes) is 1. The minimum Gasteiger partial charge on any atom is -0.444 e. The van der Waals surface area contributed by atoms with Crippen molar-refractivity contribution in [3.63, 3.8) is 0 Å². The van der Waals surface area contributed by atoms with Crippen molar-refractivity contribution in [3.8, 4) is 5.75 Å². The molecule has 1 heterocycles. The van der Waals surface area contributed by atoms with Gasteiger partial charge in [-0.25, -0.2) is 4.79 Å². The summed E-state index contributed by atoms with van der Waals surface area (Å²) in [4.78, 5) is 42.1. The number of carbonyl (C=O) groups is 3. The Morgan fingerprint density at radius 2 is 1.53 bits per heavy atom. The molecule has 0 aliphatic carbocycles. The first-order valence-electron chi connectivity index (χ1n) is 15.4. The fourth-order valence-electron chi connectivity index (χ4n) is 5.46. The van der Waals surface area contributed by atoms with Gasteiger partial charge in [-0.2, -0.15) is 0 Å². The first-order valence-corrected chi connectivity index (χ1v) is 15.4. The molecular weight excluding hydrogens is 544 g/mol. The van der Waals surface area contributed by atoms with Crippen molar-refractivity contribution in [2.24, 2.45) is 0 Å². The van der Waals surface area contributed by atoms with Crippen LogP contribution in [-0.4, -0.2) is 61.2 Å². The number of carbonyl (C=O) groups excluding carboxylic acids is 3. The maximum absolute atomic E-state index is 13.3. The third-order valence-electron chi connectivity index (χ3n) is 8.24. The van der Waals surface area contributed by atoms with Gasteiger partial charge in [0.15, 0.2) is 5.75 Å².